The van der Waals surface area contributed by atoms with E-state index in [1.165, 1.54) is 5.69 Å². The molecule has 1 aromatic rings. The number of aromatic nitrogens is 2. The second kappa shape index (κ2) is 5.29. The molecule has 0 aliphatic carbocycles. The molecule has 13 heavy (non-hydrogen) atoms. The average Bonchev–Trinajstić information content (AvgIpc) is 2.54. The summed E-state index contributed by atoms with van der Waals surface area (Å²) in [5.74, 6) is 1.12. The molecule has 3 nitrogen and oxygen atoms in total. The fourth-order valence-corrected chi connectivity index (χ4v) is 2.03. The molecule has 0 fully saturated rings. The maximum atomic E-state index is 5.52. The molecule has 0 aliphatic rings. The van der Waals surface area contributed by atoms with Gasteiger partial charge in [-0.05, 0) is 19.7 Å². The first-order chi connectivity index (χ1) is 6.29. The van der Waals surface area contributed by atoms with Gasteiger partial charge in [0, 0.05) is 30.1 Å². The summed E-state index contributed by atoms with van der Waals surface area (Å²) in [6.07, 6.45) is 6.84. The van der Waals surface area contributed by atoms with Gasteiger partial charge in [0.1, 0.15) is 0 Å². The highest BCUT2D eigenvalue weighted by molar-refractivity contribution is 7.98. The van der Waals surface area contributed by atoms with Gasteiger partial charge < -0.3 is 10.3 Å². The topological polar surface area (TPSA) is 43.8 Å². The molecule has 0 aromatic carbocycles. The van der Waals surface area contributed by atoms with Crippen LogP contribution in [0.15, 0.2) is 12.5 Å². The molecule has 0 amide bonds. The molecule has 0 aliphatic heterocycles. The van der Waals surface area contributed by atoms with E-state index >= 15 is 0 Å². The lowest BCUT2D eigenvalue weighted by molar-refractivity contribution is 0.582. The lowest BCUT2D eigenvalue weighted by atomic mass is 10.3. The average molecular weight is 199 g/mol. The predicted octanol–water partition coefficient (Wildman–Crippen LogP) is 1.31. The van der Waals surface area contributed by atoms with Crippen LogP contribution < -0.4 is 5.73 Å². The fraction of sp³-hybridized carbons (Fsp3) is 0.667. The van der Waals surface area contributed by atoms with Gasteiger partial charge in [-0.3, -0.25) is 0 Å². The zero-order valence-electron chi connectivity index (χ0n) is 8.23. The van der Waals surface area contributed by atoms with E-state index in [2.05, 4.69) is 22.7 Å². The second-order valence-corrected chi connectivity index (χ2v) is 4.05. The molecule has 0 spiro atoms. The summed E-state index contributed by atoms with van der Waals surface area (Å²) in [6.45, 7) is 2.90. The third-order valence-corrected chi connectivity index (χ3v) is 2.85. The van der Waals surface area contributed by atoms with Crippen LogP contribution in [-0.2, 0) is 6.42 Å². The zero-order chi connectivity index (χ0) is 9.68. The van der Waals surface area contributed by atoms with Crippen LogP contribution in [0.4, 0.5) is 0 Å². The number of nitrogens with two attached hydrogens (primary N) is 1. The maximum absolute atomic E-state index is 5.52. The van der Waals surface area contributed by atoms with Crippen molar-refractivity contribution in [3.63, 3.8) is 0 Å². The Bertz CT molecular complexity index is 247. The first-order valence-electron chi connectivity index (χ1n) is 4.49. The Morgan fingerprint density at radius 3 is 3.08 bits per heavy atom. The van der Waals surface area contributed by atoms with E-state index in [1.807, 2.05) is 24.3 Å². The highest BCUT2D eigenvalue weighted by Crippen LogP contribution is 2.14. The molecule has 1 rings (SSSR count). The van der Waals surface area contributed by atoms with Crippen LogP contribution in [0.2, 0.25) is 0 Å². The van der Waals surface area contributed by atoms with Crippen molar-refractivity contribution in [1.29, 1.82) is 0 Å². The van der Waals surface area contributed by atoms with Gasteiger partial charge in [-0.15, -0.1) is 0 Å². The van der Waals surface area contributed by atoms with E-state index in [-0.39, 0.29) is 0 Å². The van der Waals surface area contributed by atoms with Gasteiger partial charge in [0.15, 0.2) is 0 Å². The molecule has 1 unspecified atom stereocenters. The van der Waals surface area contributed by atoms with Crippen LogP contribution in [0.3, 0.4) is 0 Å². The number of thioether (sulfide) groups is 1. The molecule has 1 aromatic heterocycles. The largest absolute Gasteiger partial charge is 0.331 e. The highest BCUT2D eigenvalue weighted by Gasteiger charge is 2.07. The normalized spacial score (nSPS) is 13.2. The van der Waals surface area contributed by atoms with Crippen molar-refractivity contribution in [3.05, 3.63) is 18.2 Å². The van der Waals surface area contributed by atoms with E-state index in [0.29, 0.717) is 12.6 Å². The number of hydrogen-bond donors (Lipinski definition) is 1. The zero-order valence-corrected chi connectivity index (χ0v) is 9.05. The summed E-state index contributed by atoms with van der Waals surface area (Å²) < 4.78 is 2.21. The second-order valence-electron chi connectivity index (χ2n) is 3.14. The monoisotopic (exact) mass is 199 g/mol. The molecule has 0 radical (unpaired) electrons. The quantitative estimate of drug-likeness (QED) is 0.777. The van der Waals surface area contributed by atoms with Crippen LogP contribution in [0.25, 0.3) is 0 Å². The summed E-state index contributed by atoms with van der Waals surface area (Å²) in [5.41, 5.74) is 6.76. The maximum Gasteiger partial charge on any atom is 0.0950 e. The lowest BCUT2D eigenvalue weighted by Gasteiger charge is -2.14. The van der Waals surface area contributed by atoms with Gasteiger partial charge in [-0.2, -0.15) is 11.8 Å². The number of rotatable bonds is 5. The molecule has 1 atom stereocenters. The predicted molar refractivity (Wildman–Crippen MR) is 58.1 cm³/mol. The number of nitrogens with zero attached hydrogens (tertiary/aromatic N) is 2. The minimum Gasteiger partial charge on any atom is -0.331 e. The third-order valence-electron chi connectivity index (χ3n) is 2.03. The Balaban J connectivity index is 2.68. The van der Waals surface area contributed by atoms with E-state index in [1.54, 1.807) is 0 Å². The fourth-order valence-electron chi connectivity index (χ4n) is 1.39. The molecular formula is C9H17N3S. The smallest absolute Gasteiger partial charge is 0.0950 e. The van der Waals surface area contributed by atoms with E-state index in [9.17, 15) is 0 Å². The standard InChI is InChI=1S/C9H17N3S/c1-8(6-13-2)12-7-11-5-9(12)3-4-10/h5,7-8H,3-4,6,10H2,1-2H3. The minimum atomic E-state index is 0.513. The van der Waals surface area contributed by atoms with E-state index in [0.717, 1.165) is 12.2 Å². The number of hydrogen-bond acceptors (Lipinski definition) is 3. The first kappa shape index (κ1) is 10.6. The van der Waals surface area contributed by atoms with Crippen LogP contribution in [0, 0.1) is 0 Å². The van der Waals surface area contributed by atoms with Gasteiger partial charge in [0.05, 0.1) is 6.33 Å². The van der Waals surface area contributed by atoms with Gasteiger partial charge in [0.25, 0.3) is 0 Å². The van der Waals surface area contributed by atoms with Crippen molar-refractivity contribution in [2.75, 3.05) is 18.6 Å². The van der Waals surface area contributed by atoms with Crippen molar-refractivity contribution >= 4 is 11.8 Å². The van der Waals surface area contributed by atoms with Crippen molar-refractivity contribution in [3.8, 4) is 0 Å². The molecule has 2 N–H and O–H groups in total. The Morgan fingerprint density at radius 1 is 1.69 bits per heavy atom. The van der Waals surface area contributed by atoms with Crippen LogP contribution in [0.5, 0.6) is 0 Å². The van der Waals surface area contributed by atoms with Crippen LogP contribution in [-0.4, -0.2) is 28.1 Å². The lowest BCUT2D eigenvalue weighted by Crippen LogP contribution is -2.13. The molecular weight excluding hydrogens is 182 g/mol. The van der Waals surface area contributed by atoms with Gasteiger partial charge in [-0.1, -0.05) is 0 Å². The van der Waals surface area contributed by atoms with Crippen molar-refractivity contribution in [2.24, 2.45) is 5.73 Å². The van der Waals surface area contributed by atoms with Crippen molar-refractivity contribution in [2.45, 2.75) is 19.4 Å². The van der Waals surface area contributed by atoms with Crippen molar-refractivity contribution in [1.82, 2.24) is 9.55 Å². The summed E-state index contributed by atoms with van der Waals surface area (Å²) in [6, 6.07) is 0.513. The molecule has 0 saturated carbocycles. The van der Waals surface area contributed by atoms with Gasteiger partial charge in [0.2, 0.25) is 0 Å². The van der Waals surface area contributed by atoms with Gasteiger partial charge >= 0.3 is 0 Å². The SMILES string of the molecule is CSCC(C)n1cncc1CCN. The molecule has 1 heterocycles. The van der Waals surface area contributed by atoms with E-state index < -0.39 is 0 Å². The van der Waals surface area contributed by atoms with Crippen molar-refractivity contribution < 1.29 is 0 Å². The summed E-state index contributed by atoms with van der Waals surface area (Å²) in [7, 11) is 0. The molecule has 4 heteroatoms. The van der Waals surface area contributed by atoms with Gasteiger partial charge in [-0.25, -0.2) is 4.98 Å². The molecule has 0 saturated heterocycles. The minimum absolute atomic E-state index is 0.513. The summed E-state index contributed by atoms with van der Waals surface area (Å²) >= 11 is 1.85. The molecule has 0 bridgehead atoms. The van der Waals surface area contributed by atoms with E-state index in [4.69, 9.17) is 5.73 Å². The van der Waals surface area contributed by atoms with Crippen LogP contribution in [0.1, 0.15) is 18.7 Å². The Labute approximate surface area is 83.7 Å². The Hall–Kier alpha value is -0.480. The first-order valence-corrected chi connectivity index (χ1v) is 5.88. The Kier molecular flexibility index (Phi) is 4.32. The summed E-state index contributed by atoms with van der Waals surface area (Å²) in [5, 5.41) is 0. The van der Waals surface area contributed by atoms with Crippen LogP contribution >= 0.6 is 11.8 Å². The third kappa shape index (κ3) is 2.74. The number of imidazole rings is 1. The molecule has 74 valence electrons. The Morgan fingerprint density at radius 2 is 2.46 bits per heavy atom. The highest BCUT2D eigenvalue weighted by atomic mass is 32.2. The summed E-state index contributed by atoms with van der Waals surface area (Å²) in [4.78, 5) is 4.14.